The number of carbonyl (C=O) groups excluding carboxylic acids is 2. The van der Waals surface area contributed by atoms with Crippen molar-refractivity contribution in [2.75, 3.05) is 25.1 Å². The van der Waals surface area contributed by atoms with Crippen LogP contribution in [0.3, 0.4) is 0 Å². The molecule has 0 spiro atoms. The van der Waals surface area contributed by atoms with Crippen LogP contribution in [-0.2, 0) is 0 Å². The van der Waals surface area contributed by atoms with E-state index in [2.05, 4.69) is 106 Å². The van der Waals surface area contributed by atoms with Gasteiger partial charge in [0.05, 0.1) is 34.8 Å². The van der Waals surface area contributed by atoms with Crippen LogP contribution in [-0.4, -0.2) is 64.9 Å². The molecule has 0 saturated carbocycles. The molecule has 6 heterocycles. The largest absolute Gasteiger partial charge is 0.368 e. The first-order valence-electron chi connectivity index (χ1n) is 18.9. The molecule has 6 aromatic heterocycles. The van der Waals surface area contributed by atoms with E-state index in [1.807, 2.05) is 60.9 Å². The maximum Gasteiger partial charge on any atom is 0.251 e. The summed E-state index contributed by atoms with van der Waals surface area (Å²) in [5, 5.41) is 10.6. The Labute approximate surface area is 350 Å². The lowest BCUT2D eigenvalue weighted by atomic mass is 10.1. The van der Waals surface area contributed by atoms with E-state index < -0.39 is 0 Å². The van der Waals surface area contributed by atoms with Crippen molar-refractivity contribution in [1.29, 1.82) is 0 Å². The molecule has 0 unspecified atom stereocenters. The zero-order chi connectivity index (χ0) is 42.1. The molecule has 0 saturated heterocycles. The van der Waals surface area contributed by atoms with Crippen LogP contribution in [0.2, 0.25) is 0 Å². The van der Waals surface area contributed by atoms with Gasteiger partial charge in [0, 0.05) is 107 Å². The lowest BCUT2D eigenvalue weighted by Gasteiger charge is -2.08. The summed E-state index contributed by atoms with van der Waals surface area (Å²) in [6.07, 6.45) is 15.0. The summed E-state index contributed by atoms with van der Waals surface area (Å²) in [4.78, 5) is 48.4. The number of nitrogens with two attached hydrogens (primary N) is 1. The quantitative estimate of drug-likeness (QED) is 0.115. The number of fused-ring (bicyclic) bond motifs is 2. The number of rotatable bonds is 8. The third-order valence-electron chi connectivity index (χ3n) is 9.23. The Kier molecular flexibility index (Phi) is 13.4. The molecule has 0 aliphatic rings. The molecule has 300 valence electrons. The minimum absolute atomic E-state index is 0.0579. The standard InChI is InChI=1S/C22H22N6O.C14H15N5.C8H8BrNO/c1-14(2)28-13-18(17-8-10-24-12-20(17)28)19-9-11-25-22(27-19)26-16-6-4-15(5-7-16)21(29)23-3;1-9(2)19-8-11(10-3-5-16-7-13(10)19)12-4-6-17-14(15)18-12;1-10-8(11)6-2-4-7(9)5-3-6/h4-14H,1-3H3,(H,23,29)(H,25,26,27);3-9H,1-2H3,(H2,15,17,18);2-5H,1H3,(H,10,11). The van der Waals surface area contributed by atoms with Crippen LogP contribution in [0.15, 0.2) is 127 Å². The molecule has 5 N–H and O–H groups in total. The molecule has 8 aromatic rings. The zero-order valence-corrected chi connectivity index (χ0v) is 35.1. The molecule has 0 radical (unpaired) electrons. The molecule has 0 bridgehead atoms. The van der Waals surface area contributed by atoms with E-state index in [1.165, 1.54) is 0 Å². The first kappa shape index (κ1) is 41.6. The fourth-order valence-corrected chi connectivity index (χ4v) is 6.54. The highest BCUT2D eigenvalue weighted by Crippen LogP contribution is 2.32. The fraction of sp³-hybridized carbons (Fsp3) is 0.182. The molecule has 0 fully saturated rings. The number of nitrogens with zero attached hydrogens (tertiary/aromatic N) is 8. The van der Waals surface area contributed by atoms with Crippen LogP contribution >= 0.6 is 15.9 Å². The molecule has 2 amide bonds. The van der Waals surface area contributed by atoms with E-state index in [-0.39, 0.29) is 17.8 Å². The minimum Gasteiger partial charge on any atom is -0.368 e. The summed E-state index contributed by atoms with van der Waals surface area (Å²) in [5.41, 5.74) is 13.7. The molecule has 0 aliphatic heterocycles. The fourth-order valence-electron chi connectivity index (χ4n) is 6.28. The van der Waals surface area contributed by atoms with Crippen molar-refractivity contribution in [3.05, 3.63) is 138 Å². The normalized spacial score (nSPS) is 10.8. The summed E-state index contributed by atoms with van der Waals surface area (Å²) in [6, 6.07) is 22.8. The molecule has 2 aromatic carbocycles. The van der Waals surface area contributed by atoms with Crippen molar-refractivity contribution in [3.63, 3.8) is 0 Å². The topological polar surface area (TPSA) is 183 Å². The molecule has 0 atom stereocenters. The Morgan fingerprint density at radius 2 is 1.10 bits per heavy atom. The van der Waals surface area contributed by atoms with Crippen molar-refractivity contribution in [3.8, 4) is 22.5 Å². The Bertz CT molecular complexity index is 2690. The lowest BCUT2D eigenvalue weighted by Crippen LogP contribution is -2.17. The van der Waals surface area contributed by atoms with Gasteiger partial charge in [-0.1, -0.05) is 15.9 Å². The summed E-state index contributed by atoms with van der Waals surface area (Å²) in [7, 11) is 3.23. The average Bonchev–Trinajstić information content (AvgIpc) is 3.85. The van der Waals surface area contributed by atoms with Gasteiger partial charge in [0.25, 0.3) is 11.8 Å². The first-order chi connectivity index (χ1) is 28.5. The number of carbonyl (C=O) groups is 2. The first-order valence-corrected chi connectivity index (χ1v) is 19.6. The Hall–Kier alpha value is -7.00. The number of benzene rings is 2. The van der Waals surface area contributed by atoms with Crippen molar-refractivity contribution < 1.29 is 9.59 Å². The van der Waals surface area contributed by atoms with Crippen molar-refractivity contribution in [2.24, 2.45) is 0 Å². The monoisotopic (exact) mass is 852 g/mol. The highest BCUT2D eigenvalue weighted by Gasteiger charge is 2.15. The van der Waals surface area contributed by atoms with Crippen LogP contribution in [0.5, 0.6) is 0 Å². The number of halogens is 1. The average molecular weight is 854 g/mol. The third kappa shape index (κ3) is 9.94. The summed E-state index contributed by atoms with van der Waals surface area (Å²) >= 11 is 3.28. The molecule has 8 rings (SSSR count). The molecule has 59 heavy (non-hydrogen) atoms. The molecule has 14 nitrogen and oxygen atoms in total. The predicted molar refractivity (Wildman–Crippen MR) is 237 cm³/mol. The predicted octanol–water partition coefficient (Wildman–Crippen LogP) is 8.64. The summed E-state index contributed by atoms with van der Waals surface area (Å²) < 4.78 is 5.37. The highest BCUT2D eigenvalue weighted by molar-refractivity contribution is 9.10. The van der Waals surface area contributed by atoms with E-state index in [9.17, 15) is 9.59 Å². The highest BCUT2D eigenvalue weighted by atomic mass is 79.9. The van der Waals surface area contributed by atoms with Gasteiger partial charge in [-0.05, 0) is 100 Å². The number of anilines is 3. The Morgan fingerprint density at radius 3 is 1.58 bits per heavy atom. The van der Waals surface area contributed by atoms with E-state index in [0.717, 1.165) is 54.5 Å². The Balaban J connectivity index is 0.000000166. The van der Waals surface area contributed by atoms with Gasteiger partial charge >= 0.3 is 0 Å². The van der Waals surface area contributed by atoms with Gasteiger partial charge in [0.2, 0.25) is 11.9 Å². The van der Waals surface area contributed by atoms with Gasteiger partial charge in [-0.2, -0.15) is 0 Å². The van der Waals surface area contributed by atoms with Gasteiger partial charge in [-0.25, -0.2) is 19.9 Å². The number of hydrogen-bond acceptors (Lipinski definition) is 10. The second kappa shape index (κ2) is 19.0. The molecular formula is C44H45BrN12O2. The van der Waals surface area contributed by atoms with E-state index >= 15 is 0 Å². The zero-order valence-electron chi connectivity index (χ0n) is 33.6. The number of nitrogen functional groups attached to an aromatic ring is 1. The lowest BCUT2D eigenvalue weighted by molar-refractivity contribution is 0.0955. The SMILES string of the molecule is CC(C)n1cc(-c2ccnc(N)n2)c2ccncc21.CNC(=O)c1ccc(Br)cc1.CNC(=O)c1ccc(Nc2nccc(-c3cn(C(C)C)c4cnccc34)n2)cc1. The van der Waals surface area contributed by atoms with Gasteiger partial charge in [0.1, 0.15) is 0 Å². The van der Waals surface area contributed by atoms with Gasteiger partial charge in [-0.3, -0.25) is 19.6 Å². The van der Waals surface area contributed by atoms with Gasteiger partial charge < -0.3 is 30.8 Å². The molecule has 0 aliphatic carbocycles. The minimum atomic E-state index is -0.120. The van der Waals surface area contributed by atoms with Crippen LogP contribution in [0.25, 0.3) is 44.3 Å². The number of hydrogen-bond donors (Lipinski definition) is 4. The summed E-state index contributed by atoms with van der Waals surface area (Å²) in [6.45, 7) is 8.58. The van der Waals surface area contributed by atoms with Crippen molar-refractivity contribution in [2.45, 2.75) is 39.8 Å². The summed E-state index contributed by atoms with van der Waals surface area (Å²) in [5.74, 6) is 0.607. The number of amides is 2. The van der Waals surface area contributed by atoms with Crippen molar-refractivity contribution in [1.82, 2.24) is 49.7 Å². The van der Waals surface area contributed by atoms with Crippen LogP contribution < -0.4 is 21.7 Å². The second-order valence-corrected chi connectivity index (χ2v) is 14.7. The number of nitrogens with one attached hydrogen (secondary N) is 3. The molecule has 15 heteroatoms. The molecular weight excluding hydrogens is 808 g/mol. The van der Waals surface area contributed by atoms with E-state index in [4.69, 9.17) is 10.7 Å². The van der Waals surface area contributed by atoms with Crippen molar-refractivity contribution >= 4 is 67.1 Å². The van der Waals surface area contributed by atoms with Gasteiger partial charge in [-0.15, -0.1) is 0 Å². The Morgan fingerprint density at radius 1 is 0.627 bits per heavy atom. The third-order valence-corrected chi connectivity index (χ3v) is 9.76. The smallest absolute Gasteiger partial charge is 0.251 e. The van der Waals surface area contributed by atoms with Crippen LogP contribution in [0, 0.1) is 0 Å². The number of pyridine rings is 2. The second-order valence-electron chi connectivity index (χ2n) is 13.8. The maximum atomic E-state index is 11.7. The maximum absolute atomic E-state index is 11.7. The van der Waals surface area contributed by atoms with Gasteiger partial charge in [0.15, 0.2) is 0 Å². The van der Waals surface area contributed by atoms with E-state index in [1.54, 1.807) is 63.1 Å². The van der Waals surface area contributed by atoms with Crippen LogP contribution in [0.4, 0.5) is 17.6 Å². The van der Waals surface area contributed by atoms with Crippen LogP contribution in [0.1, 0.15) is 60.5 Å². The number of aromatic nitrogens is 8. The van der Waals surface area contributed by atoms with E-state index in [0.29, 0.717) is 29.2 Å².